The zero-order valence-electron chi connectivity index (χ0n) is 21.9. The van der Waals surface area contributed by atoms with Gasteiger partial charge in [-0.25, -0.2) is 4.79 Å². The summed E-state index contributed by atoms with van der Waals surface area (Å²) < 4.78 is 0. The van der Waals surface area contributed by atoms with E-state index in [2.05, 4.69) is 31.2 Å². The highest BCUT2D eigenvalue weighted by atomic mass is 16.4. The molecule has 5 rings (SSSR count). The van der Waals surface area contributed by atoms with E-state index in [4.69, 9.17) is 5.73 Å². The zero-order chi connectivity index (χ0) is 28.1. The molecule has 0 bridgehead atoms. The lowest BCUT2D eigenvalue weighted by Gasteiger charge is -2.28. The van der Waals surface area contributed by atoms with Gasteiger partial charge in [0, 0.05) is 34.0 Å². The molecule has 7 nitrogen and oxygen atoms in total. The number of imide groups is 1. The number of nitrogens with zero attached hydrogens (tertiary/aromatic N) is 1. The first-order valence-electron chi connectivity index (χ1n) is 12.7. The Bertz CT molecular complexity index is 1570. The molecule has 0 atom stereocenters. The van der Waals surface area contributed by atoms with E-state index in [-0.39, 0.29) is 39.6 Å². The quantitative estimate of drug-likeness (QED) is 0.261. The molecule has 1 aliphatic rings. The minimum Gasteiger partial charge on any atom is -0.478 e. The highest BCUT2D eigenvalue weighted by molar-refractivity contribution is 6.28. The summed E-state index contributed by atoms with van der Waals surface area (Å²) in [6, 6.07) is 21.9. The molecule has 0 aliphatic carbocycles. The Morgan fingerprint density at radius 2 is 1.38 bits per heavy atom. The van der Waals surface area contributed by atoms with Crippen LogP contribution in [0.25, 0.3) is 10.8 Å². The molecule has 0 saturated heterocycles. The number of amides is 2. The molecule has 3 N–H and O–H groups in total. The first kappa shape index (κ1) is 27.4. The zero-order valence-corrected chi connectivity index (χ0v) is 21.9. The predicted octanol–water partition coefficient (Wildman–Crippen LogP) is 4.99. The Kier molecular flexibility index (Phi) is 8.32. The third-order valence-electron chi connectivity index (χ3n) is 6.72. The number of nitrogens with two attached hydrogens (primary N) is 1. The molecular weight excluding hydrogens is 492 g/mol. The van der Waals surface area contributed by atoms with Crippen LogP contribution in [-0.2, 0) is 12.8 Å². The van der Waals surface area contributed by atoms with Crippen molar-refractivity contribution < 1.29 is 24.3 Å². The first-order valence-corrected chi connectivity index (χ1v) is 12.7. The molecular formula is C32H30N2O5. The number of rotatable bonds is 7. The number of benzene rings is 4. The first-order chi connectivity index (χ1) is 18.7. The number of aryl methyl sites for hydroxylation is 2. The summed E-state index contributed by atoms with van der Waals surface area (Å²) in [5, 5.41) is 9.86. The highest BCUT2D eigenvalue weighted by Gasteiger charge is 2.34. The van der Waals surface area contributed by atoms with Crippen LogP contribution in [0.1, 0.15) is 63.7 Å². The largest absolute Gasteiger partial charge is 0.478 e. The van der Waals surface area contributed by atoms with Crippen LogP contribution in [0, 0.1) is 13.8 Å². The van der Waals surface area contributed by atoms with Crippen molar-refractivity contribution in [2.24, 2.45) is 5.73 Å². The van der Waals surface area contributed by atoms with E-state index in [9.17, 15) is 24.3 Å². The van der Waals surface area contributed by atoms with Crippen molar-refractivity contribution in [3.8, 4) is 0 Å². The lowest BCUT2D eigenvalue weighted by molar-refractivity contribution is 0.0609. The standard InChI is InChI=1S/C23H17NO5.C9H13N/c1-13-3-2-4-14(11-13)9-10-24-21(26)16-6-5-15(12-25)19-18(23(28)29)8-7-17(20(16)19)22(24)27;1-8-3-2-4-9(7-8)5-6-10/h2-8,11-12H,9-10H2,1H3,(H,28,29);2-4,7H,5-6,10H2,1H3. The maximum absolute atomic E-state index is 13.1. The summed E-state index contributed by atoms with van der Waals surface area (Å²) in [6.07, 6.45) is 2.04. The van der Waals surface area contributed by atoms with Crippen molar-refractivity contribution in [3.63, 3.8) is 0 Å². The van der Waals surface area contributed by atoms with Crippen molar-refractivity contribution in [1.29, 1.82) is 0 Å². The number of carbonyl (C=O) groups excluding carboxylic acids is 3. The Balaban J connectivity index is 0.000000298. The van der Waals surface area contributed by atoms with E-state index < -0.39 is 17.8 Å². The maximum atomic E-state index is 13.1. The van der Waals surface area contributed by atoms with Gasteiger partial charge in [-0.3, -0.25) is 19.3 Å². The molecule has 0 fully saturated rings. The van der Waals surface area contributed by atoms with Crippen molar-refractivity contribution in [1.82, 2.24) is 4.90 Å². The van der Waals surface area contributed by atoms with E-state index in [0.29, 0.717) is 12.7 Å². The number of hydrogen-bond acceptors (Lipinski definition) is 5. The van der Waals surface area contributed by atoms with Crippen LogP contribution in [0.15, 0.2) is 72.8 Å². The predicted molar refractivity (Wildman–Crippen MR) is 150 cm³/mol. The van der Waals surface area contributed by atoms with Gasteiger partial charge < -0.3 is 10.8 Å². The van der Waals surface area contributed by atoms with E-state index in [0.717, 1.165) is 24.1 Å². The maximum Gasteiger partial charge on any atom is 0.336 e. The summed E-state index contributed by atoms with van der Waals surface area (Å²) >= 11 is 0. The van der Waals surface area contributed by atoms with Crippen LogP contribution >= 0.6 is 0 Å². The van der Waals surface area contributed by atoms with Crippen molar-refractivity contribution in [2.45, 2.75) is 26.7 Å². The average molecular weight is 523 g/mol. The van der Waals surface area contributed by atoms with Crippen LogP contribution < -0.4 is 5.73 Å². The van der Waals surface area contributed by atoms with Crippen molar-refractivity contribution in [2.75, 3.05) is 13.1 Å². The van der Waals surface area contributed by atoms with Gasteiger partial charge in [0.1, 0.15) is 0 Å². The molecule has 198 valence electrons. The van der Waals surface area contributed by atoms with Gasteiger partial charge in [-0.2, -0.15) is 0 Å². The second-order valence-corrected chi connectivity index (χ2v) is 9.56. The lowest BCUT2D eigenvalue weighted by atomic mass is 9.88. The molecule has 0 aromatic heterocycles. The van der Waals surface area contributed by atoms with Crippen LogP contribution in [0.2, 0.25) is 0 Å². The molecule has 0 unspecified atom stereocenters. The van der Waals surface area contributed by atoms with Gasteiger partial charge in [0.05, 0.1) is 5.56 Å². The van der Waals surface area contributed by atoms with Crippen LogP contribution in [0.5, 0.6) is 0 Å². The van der Waals surface area contributed by atoms with Crippen LogP contribution in [0.4, 0.5) is 0 Å². The SMILES string of the molecule is Cc1cccc(CCN)c1.Cc1cccc(CCN2C(=O)c3ccc(C=O)c4c(C(=O)O)ccc(c34)C2=O)c1. The molecule has 0 radical (unpaired) electrons. The minimum absolute atomic E-state index is 0.110. The van der Waals surface area contributed by atoms with Gasteiger partial charge >= 0.3 is 5.97 Å². The van der Waals surface area contributed by atoms with Gasteiger partial charge in [-0.1, -0.05) is 65.7 Å². The second-order valence-electron chi connectivity index (χ2n) is 9.56. The smallest absolute Gasteiger partial charge is 0.336 e. The molecule has 0 spiro atoms. The summed E-state index contributed by atoms with van der Waals surface area (Å²) in [5.41, 5.74) is 10.6. The Morgan fingerprint density at radius 1 is 0.821 bits per heavy atom. The number of aromatic carboxylic acids is 1. The summed E-state index contributed by atoms with van der Waals surface area (Å²) in [4.78, 5) is 50.4. The Hall–Kier alpha value is -4.62. The van der Waals surface area contributed by atoms with E-state index in [1.165, 1.54) is 40.3 Å². The molecule has 7 heteroatoms. The normalized spacial score (nSPS) is 12.2. The topological polar surface area (TPSA) is 118 Å². The third-order valence-corrected chi connectivity index (χ3v) is 6.72. The van der Waals surface area contributed by atoms with Crippen LogP contribution in [0.3, 0.4) is 0 Å². The highest BCUT2D eigenvalue weighted by Crippen LogP contribution is 2.34. The molecule has 2 amide bonds. The Morgan fingerprint density at radius 3 is 1.90 bits per heavy atom. The minimum atomic E-state index is -1.22. The molecule has 4 aromatic rings. The van der Waals surface area contributed by atoms with Gasteiger partial charge in [0.2, 0.25) is 0 Å². The van der Waals surface area contributed by atoms with Gasteiger partial charge in [0.25, 0.3) is 11.8 Å². The summed E-state index contributed by atoms with van der Waals surface area (Å²) in [7, 11) is 0. The fourth-order valence-corrected chi connectivity index (χ4v) is 4.88. The van der Waals surface area contributed by atoms with Gasteiger partial charge in [-0.15, -0.1) is 0 Å². The number of aldehydes is 1. The molecule has 1 heterocycles. The number of carboxylic acid groups (broad SMARTS) is 1. The third kappa shape index (κ3) is 5.78. The van der Waals surface area contributed by atoms with Gasteiger partial charge in [0.15, 0.2) is 6.29 Å². The fourth-order valence-electron chi connectivity index (χ4n) is 4.88. The van der Waals surface area contributed by atoms with E-state index in [1.807, 2.05) is 31.2 Å². The number of carboxylic acids is 1. The summed E-state index contributed by atoms with van der Waals surface area (Å²) in [5.74, 6) is -2.20. The van der Waals surface area contributed by atoms with Crippen molar-refractivity contribution in [3.05, 3.63) is 117 Å². The Labute approximate surface area is 226 Å². The molecule has 39 heavy (non-hydrogen) atoms. The second kappa shape index (κ2) is 11.8. The number of hydrogen-bond donors (Lipinski definition) is 2. The van der Waals surface area contributed by atoms with E-state index >= 15 is 0 Å². The van der Waals surface area contributed by atoms with E-state index in [1.54, 1.807) is 0 Å². The average Bonchev–Trinajstić information content (AvgIpc) is 2.91. The van der Waals surface area contributed by atoms with Crippen molar-refractivity contribution >= 4 is 34.8 Å². The molecule has 0 saturated carbocycles. The van der Waals surface area contributed by atoms with Crippen LogP contribution in [-0.4, -0.2) is 47.2 Å². The monoisotopic (exact) mass is 522 g/mol. The molecule has 4 aromatic carbocycles. The fraction of sp³-hybridized carbons (Fsp3) is 0.188. The molecule has 1 aliphatic heterocycles. The number of carbonyl (C=O) groups is 4. The lowest BCUT2D eigenvalue weighted by Crippen LogP contribution is -2.41. The van der Waals surface area contributed by atoms with Gasteiger partial charge in [-0.05, 0) is 62.6 Å². The summed E-state index contributed by atoms with van der Waals surface area (Å²) in [6.45, 7) is 5.02.